The largest absolute Gasteiger partial charge is 0.396 e. The normalized spacial score (nSPS) is 14.8. The summed E-state index contributed by atoms with van der Waals surface area (Å²) < 4.78 is 0. The van der Waals surface area contributed by atoms with Gasteiger partial charge in [0, 0.05) is 26.2 Å². The molecule has 0 aliphatic carbocycles. The number of benzene rings is 1. The zero-order chi connectivity index (χ0) is 13.5. The van der Waals surface area contributed by atoms with E-state index in [2.05, 4.69) is 35.3 Å². The molecule has 3 nitrogen and oxygen atoms in total. The van der Waals surface area contributed by atoms with E-state index in [-0.39, 0.29) is 0 Å². The third kappa shape index (κ3) is 4.30. The SMILES string of the molecule is CCNCc1ccc2c(c1)CN(CCCCCO)C2. The van der Waals surface area contributed by atoms with Crippen LogP contribution in [-0.2, 0) is 19.6 Å². The van der Waals surface area contributed by atoms with Crippen LogP contribution in [0, 0.1) is 0 Å². The molecule has 19 heavy (non-hydrogen) atoms. The van der Waals surface area contributed by atoms with Gasteiger partial charge >= 0.3 is 0 Å². The highest BCUT2D eigenvalue weighted by molar-refractivity contribution is 5.34. The van der Waals surface area contributed by atoms with Crippen LogP contribution >= 0.6 is 0 Å². The van der Waals surface area contributed by atoms with E-state index in [1.807, 2.05) is 0 Å². The second-order valence-corrected chi connectivity index (χ2v) is 5.38. The Bertz CT molecular complexity index is 392. The molecule has 1 aliphatic rings. The first-order chi connectivity index (χ1) is 9.33. The van der Waals surface area contributed by atoms with Crippen LogP contribution in [0.5, 0.6) is 0 Å². The Labute approximate surface area is 116 Å². The first-order valence-electron chi connectivity index (χ1n) is 7.48. The van der Waals surface area contributed by atoms with Crippen LogP contribution in [0.25, 0.3) is 0 Å². The van der Waals surface area contributed by atoms with Crippen molar-refractivity contribution < 1.29 is 5.11 Å². The van der Waals surface area contributed by atoms with Crippen LogP contribution in [-0.4, -0.2) is 29.7 Å². The van der Waals surface area contributed by atoms with Crippen molar-refractivity contribution in [3.63, 3.8) is 0 Å². The fraction of sp³-hybridized carbons (Fsp3) is 0.625. The van der Waals surface area contributed by atoms with Gasteiger partial charge in [0.1, 0.15) is 0 Å². The molecule has 1 aliphatic heterocycles. The van der Waals surface area contributed by atoms with Crippen molar-refractivity contribution in [3.05, 3.63) is 34.9 Å². The zero-order valence-corrected chi connectivity index (χ0v) is 12.0. The standard InChI is InChI=1S/C16H26N2O/c1-2-17-11-14-6-7-15-12-18(13-16(15)10-14)8-4-3-5-9-19/h6-7,10,17,19H,2-5,8-9,11-13H2,1H3. The van der Waals surface area contributed by atoms with Gasteiger partial charge in [-0.2, -0.15) is 0 Å². The van der Waals surface area contributed by atoms with Crippen LogP contribution in [0.15, 0.2) is 18.2 Å². The number of hydrogen-bond acceptors (Lipinski definition) is 3. The monoisotopic (exact) mass is 262 g/mol. The van der Waals surface area contributed by atoms with E-state index < -0.39 is 0 Å². The molecule has 0 amide bonds. The highest BCUT2D eigenvalue weighted by Crippen LogP contribution is 2.24. The topological polar surface area (TPSA) is 35.5 Å². The Morgan fingerprint density at radius 1 is 1.16 bits per heavy atom. The summed E-state index contributed by atoms with van der Waals surface area (Å²) in [6, 6.07) is 6.89. The fourth-order valence-electron chi connectivity index (χ4n) is 2.68. The summed E-state index contributed by atoms with van der Waals surface area (Å²) in [5.74, 6) is 0. The van der Waals surface area contributed by atoms with Gasteiger partial charge in [-0.1, -0.05) is 25.1 Å². The van der Waals surface area contributed by atoms with Crippen molar-refractivity contribution in [3.8, 4) is 0 Å². The van der Waals surface area contributed by atoms with Crippen LogP contribution < -0.4 is 5.32 Å². The molecule has 1 heterocycles. The molecule has 106 valence electrons. The lowest BCUT2D eigenvalue weighted by molar-refractivity contribution is 0.257. The lowest BCUT2D eigenvalue weighted by atomic mass is 10.1. The van der Waals surface area contributed by atoms with Crippen molar-refractivity contribution in [1.29, 1.82) is 0 Å². The van der Waals surface area contributed by atoms with Gasteiger partial charge < -0.3 is 10.4 Å². The predicted molar refractivity (Wildman–Crippen MR) is 78.9 cm³/mol. The molecule has 1 aromatic rings. The summed E-state index contributed by atoms with van der Waals surface area (Å²) in [6.07, 6.45) is 3.27. The van der Waals surface area contributed by atoms with Crippen molar-refractivity contribution in [2.24, 2.45) is 0 Å². The molecule has 0 bridgehead atoms. The summed E-state index contributed by atoms with van der Waals surface area (Å²) >= 11 is 0. The van der Waals surface area contributed by atoms with Crippen molar-refractivity contribution in [2.75, 3.05) is 19.7 Å². The van der Waals surface area contributed by atoms with Crippen LogP contribution in [0.2, 0.25) is 0 Å². The number of hydrogen-bond donors (Lipinski definition) is 2. The number of aliphatic hydroxyl groups excluding tert-OH is 1. The van der Waals surface area contributed by atoms with E-state index in [0.29, 0.717) is 6.61 Å². The molecule has 0 aromatic heterocycles. The molecular weight excluding hydrogens is 236 g/mol. The maximum Gasteiger partial charge on any atom is 0.0431 e. The van der Waals surface area contributed by atoms with Gasteiger partial charge in [-0.3, -0.25) is 4.90 Å². The first kappa shape index (κ1) is 14.5. The maximum atomic E-state index is 8.78. The molecule has 0 atom stereocenters. The summed E-state index contributed by atoms with van der Waals surface area (Å²) in [7, 11) is 0. The van der Waals surface area contributed by atoms with Gasteiger partial charge in [-0.25, -0.2) is 0 Å². The van der Waals surface area contributed by atoms with Gasteiger partial charge in [0.2, 0.25) is 0 Å². The molecule has 2 rings (SSSR count). The molecule has 0 saturated carbocycles. The average Bonchev–Trinajstić information content (AvgIpc) is 2.83. The Balaban J connectivity index is 1.82. The van der Waals surface area contributed by atoms with E-state index in [0.717, 1.165) is 45.6 Å². The summed E-state index contributed by atoms with van der Waals surface area (Å²) in [4.78, 5) is 2.51. The van der Waals surface area contributed by atoms with E-state index in [1.165, 1.54) is 23.1 Å². The molecule has 0 saturated heterocycles. The second-order valence-electron chi connectivity index (χ2n) is 5.38. The minimum absolute atomic E-state index is 0.327. The van der Waals surface area contributed by atoms with E-state index >= 15 is 0 Å². The van der Waals surface area contributed by atoms with Gasteiger partial charge in [0.05, 0.1) is 0 Å². The van der Waals surface area contributed by atoms with E-state index in [9.17, 15) is 0 Å². The maximum absolute atomic E-state index is 8.78. The Morgan fingerprint density at radius 2 is 2.00 bits per heavy atom. The molecule has 2 N–H and O–H groups in total. The number of nitrogens with one attached hydrogen (secondary N) is 1. The van der Waals surface area contributed by atoms with Crippen molar-refractivity contribution >= 4 is 0 Å². The first-order valence-corrected chi connectivity index (χ1v) is 7.48. The van der Waals surface area contributed by atoms with Gasteiger partial charge in [-0.05, 0) is 49.0 Å². The Kier molecular flexibility index (Phi) is 5.83. The summed E-state index contributed by atoms with van der Waals surface area (Å²) in [5.41, 5.74) is 4.38. The Hall–Kier alpha value is -0.900. The molecule has 0 unspecified atom stereocenters. The minimum Gasteiger partial charge on any atom is -0.396 e. The van der Waals surface area contributed by atoms with Crippen molar-refractivity contribution in [1.82, 2.24) is 10.2 Å². The van der Waals surface area contributed by atoms with Gasteiger partial charge in [0.25, 0.3) is 0 Å². The van der Waals surface area contributed by atoms with Crippen LogP contribution in [0.3, 0.4) is 0 Å². The summed E-state index contributed by atoms with van der Waals surface area (Å²) in [5, 5.41) is 12.2. The molecule has 1 aromatic carbocycles. The third-order valence-electron chi connectivity index (χ3n) is 3.77. The lowest BCUT2D eigenvalue weighted by Crippen LogP contribution is -2.17. The van der Waals surface area contributed by atoms with E-state index in [4.69, 9.17) is 5.11 Å². The third-order valence-corrected chi connectivity index (χ3v) is 3.77. The Morgan fingerprint density at radius 3 is 2.79 bits per heavy atom. The highest BCUT2D eigenvalue weighted by Gasteiger charge is 2.18. The number of rotatable bonds is 8. The predicted octanol–water partition coefficient (Wildman–Crippen LogP) is 2.27. The number of unbranched alkanes of at least 4 members (excludes halogenated alkanes) is 2. The van der Waals surface area contributed by atoms with Gasteiger partial charge in [-0.15, -0.1) is 0 Å². The molecule has 0 spiro atoms. The number of aliphatic hydroxyl groups is 1. The average molecular weight is 262 g/mol. The molecule has 3 heteroatoms. The van der Waals surface area contributed by atoms with Crippen LogP contribution in [0.4, 0.5) is 0 Å². The number of nitrogens with zero attached hydrogens (tertiary/aromatic N) is 1. The number of fused-ring (bicyclic) bond motifs is 1. The zero-order valence-electron chi connectivity index (χ0n) is 12.0. The molecule has 0 radical (unpaired) electrons. The summed E-state index contributed by atoms with van der Waals surface area (Å²) in [6.45, 7) is 7.80. The van der Waals surface area contributed by atoms with Gasteiger partial charge in [0.15, 0.2) is 0 Å². The highest BCUT2D eigenvalue weighted by atomic mass is 16.2. The van der Waals surface area contributed by atoms with Crippen molar-refractivity contribution in [2.45, 2.75) is 45.8 Å². The molecular formula is C16H26N2O. The quantitative estimate of drug-likeness (QED) is 0.706. The lowest BCUT2D eigenvalue weighted by Gasteiger charge is -2.13. The molecule has 0 fully saturated rings. The second kappa shape index (κ2) is 7.63. The van der Waals surface area contributed by atoms with E-state index in [1.54, 1.807) is 0 Å². The minimum atomic E-state index is 0.327. The fourth-order valence-corrected chi connectivity index (χ4v) is 2.68. The van der Waals surface area contributed by atoms with Crippen LogP contribution in [0.1, 0.15) is 42.9 Å². The smallest absolute Gasteiger partial charge is 0.0431 e.